The van der Waals surface area contributed by atoms with Gasteiger partial charge in [-0.05, 0) is 49.6 Å². The fourth-order valence-corrected chi connectivity index (χ4v) is 3.83. The third-order valence-corrected chi connectivity index (χ3v) is 5.59. The molecule has 2 rings (SSSR count). The van der Waals surface area contributed by atoms with Crippen LogP contribution in [0, 0.1) is 13.8 Å². The van der Waals surface area contributed by atoms with Gasteiger partial charge in [-0.15, -0.1) is 0 Å². The molecule has 1 N–H and O–H groups in total. The fraction of sp³-hybridized carbons (Fsp3) is 0.353. The zero-order valence-corrected chi connectivity index (χ0v) is 15.9. The van der Waals surface area contributed by atoms with Gasteiger partial charge in [-0.25, -0.2) is 13.1 Å². The molecule has 1 heterocycles. The van der Waals surface area contributed by atoms with Crippen LogP contribution in [0.25, 0.3) is 0 Å². The van der Waals surface area contributed by atoms with Gasteiger partial charge in [0, 0.05) is 25.4 Å². The van der Waals surface area contributed by atoms with E-state index in [1.807, 2.05) is 13.8 Å². The van der Waals surface area contributed by atoms with Crippen LogP contribution < -0.4 is 15.0 Å². The molecule has 25 heavy (non-hydrogen) atoms. The quantitative estimate of drug-likeness (QED) is 0.744. The highest BCUT2D eigenvalue weighted by atomic mass is 35.5. The zero-order chi connectivity index (χ0) is 18.6. The van der Waals surface area contributed by atoms with E-state index in [0.29, 0.717) is 23.7 Å². The smallest absolute Gasteiger partial charge is 0.250 e. The molecular weight excluding hydrogens is 364 g/mol. The number of hydrogen-bond acceptors (Lipinski definition) is 4. The Labute approximate surface area is 152 Å². The van der Waals surface area contributed by atoms with Gasteiger partial charge in [0.1, 0.15) is 10.6 Å². The van der Waals surface area contributed by atoms with Crippen LogP contribution >= 0.6 is 11.6 Å². The van der Waals surface area contributed by atoms with Crippen molar-refractivity contribution in [2.45, 2.75) is 31.7 Å². The minimum Gasteiger partial charge on any atom is -0.495 e. The lowest BCUT2D eigenvalue weighted by Gasteiger charge is -2.13. The molecule has 0 aliphatic heterocycles. The average molecular weight is 385 g/mol. The Balaban J connectivity index is 2.06. The van der Waals surface area contributed by atoms with Crippen LogP contribution in [0.15, 0.2) is 40.2 Å². The van der Waals surface area contributed by atoms with Gasteiger partial charge in [0.05, 0.1) is 12.1 Å². The Morgan fingerprint density at radius 1 is 1.20 bits per heavy atom. The van der Waals surface area contributed by atoms with Crippen molar-refractivity contribution >= 4 is 21.6 Å². The second kappa shape index (κ2) is 8.03. The summed E-state index contributed by atoms with van der Waals surface area (Å²) in [5, 5.41) is 0.458. The van der Waals surface area contributed by atoms with Crippen LogP contribution in [0.5, 0.6) is 5.75 Å². The van der Waals surface area contributed by atoms with Crippen molar-refractivity contribution in [2.24, 2.45) is 0 Å². The number of aromatic nitrogens is 1. The number of nitrogens with zero attached hydrogens (tertiary/aromatic N) is 1. The lowest BCUT2D eigenvalue weighted by molar-refractivity contribution is 0.401. The Morgan fingerprint density at radius 3 is 2.56 bits per heavy atom. The van der Waals surface area contributed by atoms with E-state index in [1.54, 1.807) is 12.1 Å². The predicted octanol–water partition coefficient (Wildman–Crippen LogP) is 2.50. The molecule has 8 heteroatoms. The maximum atomic E-state index is 12.5. The van der Waals surface area contributed by atoms with Gasteiger partial charge in [-0.1, -0.05) is 11.6 Å². The molecule has 0 radical (unpaired) electrons. The van der Waals surface area contributed by atoms with E-state index in [4.69, 9.17) is 16.3 Å². The second-order valence-corrected chi connectivity index (χ2v) is 7.89. The lowest BCUT2D eigenvalue weighted by Crippen LogP contribution is -2.27. The summed E-state index contributed by atoms with van der Waals surface area (Å²) in [6.45, 7) is 4.30. The van der Waals surface area contributed by atoms with Crippen molar-refractivity contribution in [3.63, 3.8) is 0 Å². The van der Waals surface area contributed by atoms with E-state index in [0.717, 1.165) is 11.1 Å². The largest absolute Gasteiger partial charge is 0.495 e. The van der Waals surface area contributed by atoms with Gasteiger partial charge < -0.3 is 9.30 Å². The monoisotopic (exact) mass is 384 g/mol. The minimum absolute atomic E-state index is 0.109. The number of aryl methyl sites for hydroxylation is 3. The van der Waals surface area contributed by atoms with E-state index in [9.17, 15) is 13.2 Å². The van der Waals surface area contributed by atoms with Crippen molar-refractivity contribution in [3.05, 3.63) is 57.0 Å². The first-order valence-corrected chi connectivity index (χ1v) is 9.61. The molecule has 0 aliphatic carbocycles. The average Bonchev–Trinajstić information content (AvgIpc) is 2.56. The fourth-order valence-electron chi connectivity index (χ4n) is 2.34. The van der Waals surface area contributed by atoms with E-state index in [-0.39, 0.29) is 17.0 Å². The van der Waals surface area contributed by atoms with Crippen molar-refractivity contribution in [1.29, 1.82) is 0 Å². The van der Waals surface area contributed by atoms with Gasteiger partial charge in [0.15, 0.2) is 0 Å². The number of methoxy groups -OCH3 is 1. The van der Waals surface area contributed by atoms with Gasteiger partial charge in [-0.2, -0.15) is 0 Å². The highest BCUT2D eigenvalue weighted by Gasteiger charge is 2.20. The summed E-state index contributed by atoms with van der Waals surface area (Å²) >= 11 is 5.86. The van der Waals surface area contributed by atoms with Crippen molar-refractivity contribution in [1.82, 2.24) is 9.29 Å². The summed E-state index contributed by atoms with van der Waals surface area (Å²) in [4.78, 5) is 11.8. The first kappa shape index (κ1) is 19.5. The van der Waals surface area contributed by atoms with Crippen LogP contribution in [0.3, 0.4) is 0 Å². The maximum Gasteiger partial charge on any atom is 0.250 e. The topological polar surface area (TPSA) is 77.4 Å². The molecule has 2 aromatic rings. The molecule has 0 aliphatic rings. The Kier molecular flexibility index (Phi) is 6.26. The van der Waals surface area contributed by atoms with Crippen molar-refractivity contribution in [3.8, 4) is 5.75 Å². The van der Waals surface area contributed by atoms with E-state index < -0.39 is 10.0 Å². The van der Waals surface area contributed by atoms with Gasteiger partial charge >= 0.3 is 0 Å². The van der Waals surface area contributed by atoms with Crippen LogP contribution in [0.4, 0.5) is 0 Å². The zero-order valence-electron chi connectivity index (χ0n) is 14.4. The highest BCUT2D eigenvalue weighted by Crippen LogP contribution is 2.27. The van der Waals surface area contributed by atoms with E-state index in [2.05, 4.69) is 4.72 Å². The van der Waals surface area contributed by atoms with Crippen LogP contribution in [0.2, 0.25) is 5.02 Å². The van der Waals surface area contributed by atoms with Gasteiger partial charge in [0.2, 0.25) is 10.0 Å². The van der Waals surface area contributed by atoms with E-state index >= 15 is 0 Å². The van der Waals surface area contributed by atoms with Crippen molar-refractivity contribution < 1.29 is 13.2 Å². The minimum atomic E-state index is -3.70. The second-order valence-electron chi connectivity index (χ2n) is 5.72. The molecule has 0 fully saturated rings. The number of hydrogen-bond donors (Lipinski definition) is 1. The summed E-state index contributed by atoms with van der Waals surface area (Å²) in [6.07, 6.45) is 1.98. The molecule has 1 aromatic carbocycles. The standard InChI is InChI=1S/C17H21ClN2O4S/c1-12-9-15(24-3)16(10-13(12)2)25(22,23)19-7-4-8-20-11-14(18)5-6-17(20)21/h5-6,9-11,19H,4,7-8H2,1-3H3. The number of halogens is 1. The van der Waals surface area contributed by atoms with Gasteiger partial charge in [-0.3, -0.25) is 4.79 Å². The molecule has 1 aromatic heterocycles. The molecule has 0 bridgehead atoms. The normalized spacial score (nSPS) is 11.5. The summed E-state index contributed by atoms with van der Waals surface area (Å²) in [5.41, 5.74) is 1.64. The van der Waals surface area contributed by atoms with Crippen molar-refractivity contribution in [2.75, 3.05) is 13.7 Å². The summed E-state index contributed by atoms with van der Waals surface area (Å²) < 4.78 is 34.2. The molecule has 0 unspecified atom stereocenters. The highest BCUT2D eigenvalue weighted by molar-refractivity contribution is 7.89. The molecule has 6 nitrogen and oxygen atoms in total. The first-order chi connectivity index (χ1) is 11.7. The summed E-state index contributed by atoms with van der Waals surface area (Å²) in [6, 6.07) is 6.20. The number of sulfonamides is 1. The predicted molar refractivity (Wildman–Crippen MR) is 98.0 cm³/mol. The number of ether oxygens (including phenoxy) is 1. The Hall–Kier alpha value is -1.83. The molecule has 136 valence electrons. The lowest BCUT2D eigenvalue weighted by atomic mass is 10.1. The Morgan fingerprint density at radius 2 is 1.88 bits per heavy atom. The molecule has 0 spiro atoms. The molecule has 0 amide bonds. The third kappa shape index (κ3) is 4.84. The van der Waals surface area contributed by atoms with Crippen LogP contribution in [-0.4, -0.2) is 26.6 Å². The number of pyridine rings is 1. The Bertz CT molecular complexity index is 923. The van der Waals surface area contributed by atoms with Crippen LogP contribution in [0.1, 0.15) is 17.5 Å². The van der Waals surface area contributed by atoms with E-state index in [1.165, 1.54) is 30.0 Å². The first-order valence-electron chi connectivity index (χ1n) is 7.75. The van der Waals surface area contributed by atoms with Gasteiger partial charge in [0.25, 0.3) is 5.56 Å². The molecular formula is C17H21ClN2O4S. The maximum absolute atomic E-state index is 12.5. The SMILES string of the molecule is COc1cc(C)c(C)cc1S(=O)(=O)NCCCn1cc(Cl)ccc1=O. The molecule has 0 saturated heterocycles. The van der Waals surface area contributed by atoms with Crippen LogP contribution in [-0.2, 0) is 16.6 Å². The number of nitrogens with one attached hydrogen (secondary N) is 1. The third-order valence-electron chi connectivity index (χ3n) is 3.88. The molecule has 0 atom stereocenters. The molecule has 0 saturated carbocycles. The number of rotatable bonds is 7. The number of benzene rings is 1. The summed E-state index contributed by atoms with van der Waals surface area (Å²) in [5.74, 6) is 0.307. The summed E-state index contributed by atoms with van der Waals surface area (Å²) in [7, 11) is -2.26.